The fourth-order valence-corrected chi connectivity index (χ4v) is 3.88. The molecule has 2 amide bonds. The number of aliphatic carboxylic acids is 1. The van der Waals surface area contributed by atoms with Gasteiger partial charge in [0.05, 0.1) is 10.2 Å². The summed E-state index contributed by atoms with van der Waals surface area (Å²) in [6, 6.07) is 20.7. The summed E-state index contributed by atoms with van der Waals surface area (Å²) in [5, 5.41) is 9.52. The molecular weight excluding hydrogens is 454 g/mol. The van der Waals surface area contributed by atoms with E-state index in [0.29, 0.717) is 28.5 Å². The summed E-state index contributed by atoms with van der Waals surface area (Å²) in [5.74, 6) is -1.87. The molecule has 4 rings (SSSR count). The number of para-hydroxylation sites is 1. The molecule has 3 aromatic carbocycles. The van der Waals surface area contributed by atoms with Gasteiger partial charge in [0, 0.05) is 23.4 Å². The fraction of sp³-hybridized carbons (Fsp3) is 0.0833. The monoisotopic (exact) mass is 477 g/mol. The van der Waals surface area contributed by atoms with Gasteiger partial charge in [-0.2, -0.15) is 0 Å². The van der Waals surface area contributed by atoms with Crippen LogP contribution in [0.3, 0.4) is 0 Å². The van der Waals surface area contributed by atoms with Crippen molar-refractivity contribution in [2.24, 2.45) is 11.5 Å². The normalized spacial score (nSPS) is 10.3. The van der Waals surface area contributed by atoms with E-state index in [0.717, 1.165) is 15.8 Å². The summed E-state index contributed by atoms with van der Waals surface area (Å²) in [5.41, 5.74) is 19.3. The van der Waals surface area contributed by atoms with Crippen LogP contribution < -0.4 is 22.1 Å². The van der Waals surface area contributed by atoms with E-state index in [9.17, 15) is 14.4 Å². The second-order valence-corrected chi connectivity index (χ2v) is 8.19. The molecule has 0 atom stereocenters. The number of carbonyl (C=O) groups is 3. The molecule has 9 nitrogen and oxygen atoms in total. The number of rotatable bonds is 6. The van der Waals surface area contributed by atoms with Crippen LogP contribution in [0.25, 0.3) is 10.2 Å². The van der Waals surface area contributed by atoms with Crippen LogP contribution in [0.2, 0.25) is 0 Å². The highest BCUT2D eigenvalue weighted by atomic mass is 32.1. The van der Waals surface area contributed by atoms with Gasteiger partial charge in [-0.3, -0.25) is 19.3 Å². The zero-order valence-corrected chi connectivity index (χ0v) is 18.9. The van der Waals surface area contributed by atoms with Gasteiger partial charge in [-0.1, -0.05) is 41.7 Å². The molecule has 0 spiro atoms. The van der Waals surface area contributed by atoms with Crippen molar-refractivity contribution in [3.8, 4) is 0 Å². The standard InChI is InChI=1S/C16H16N2O3.C8H7N3OS/c17-10-12-5-4-6-13(9-12)16(21)18(11-15(19)20)14-7-2-1-3-8-14;9-7(12)4-1-2-5-6(3-4)13-8(10)11-5/h1-9H,10-11,17H2,(H,19,20);1-3H,(H2,9,12)(H2,10,11). The van der Waals surface area contributed by atoms with Crippen LogP contribution in [0.15, 0.2) is 72.8 Å². The molecule has 174 valence electrons. The number of aromatic nitrogens is 1. The van der Waals surface area contributed by atoms with E-state index < -0.39 is 18.4 Å². The predicted molar refractivity (Wildman–Crippen MR) is 133 cm³/mol. The average molecular weight is 478 g/mol. The molecule has 7 N–H and O–H groups in total. The largest absolute Gasteiger partial charge is 0.480 e. The second kappa shape index (κ2) is 11.0. The number of fused-ring (bicyclic) bond motifs is 1. The van der Waals surface area contributed by atoms with Gasteiger partial charge in [-0.25, -0.2) is 4.98 Å². The highest BCUT2D eigenvalue weighted by Crippen LogP contribution is 2.24. The van der Waals surface area contributed by atoms with Crippen molar-refractivity contribution < 1.29 is 19.5 Å². The molecule has 0 fully saturated rings. The van der Waals surface area contributed by atoms with Crippen LogP contribution in [-0.4, -0.2) is 34.4 Å². The first-order valence-corrected chi connectivity index (χ1v) is 10.9. The third kappa shape index (κ3) is 6.15. The van der Waals surface area contributed by atoms with E-state index in [4.69, 9.17) is 22.3 Å². The number of hydrogen-bond donors (Lipinski definition) is 4. The molecule has 0 aliphatic carbocycles. The number of nitrogens with zero attached hydrogens (tertiary/aromatic N) is 2. The van der Waals surface area contributed by atoms with E-state index in [-0.39, 0.29) is 5.91 Å². The number of carbonyl (C=O) groups excluding carboxylic acids is 2. The first kappa shape index (κ1) is 24.4. The average Bonchev–Trinajstić information content (AvgIpc) is 3.22. The summed E-state index contributed by atoms with van der Waals surface area (Å²) in [4.78, 5) is 39.7. The molecule has 0 aliphatic heterocycles. The van der Waals surface area contributed by atoms with E-state index >= 15 is 0 Å². The van der Waals surface area contributed by atoms with E-state index in [1.165, 1.54) is 16.2 Å². The lowest BCUT2D eigenvalue weighted by Gasteiger charge is -2.21. The Hall–Kier alpha value is -4.28. The van der Waals surface area contributed by atoms with Gasteiger partial charge >= 0.3 is 5.97 Å². The molecule has 10 heteroatoms. The van der Waals surface area contributed by atoms with Crippen LogP contribution >= 0.6 is 11.3 Å². The lowest BCUT2D eigenvalue weighted by atomic mass is 10.1. The number of amides is 2. The summed E-state index contributed by atoms with van der Waals surface area (Å²) in [7, 11) is 0. The molecule has 0 radical (unpaired) electrons. The Bertz CT molecular complexity index is 1320. The highest BCUT2D eigenvalue weighted by Gasteiger charge is 2.20. The number of benzene rings is 3. The minimum absolute atomic E-state index is 0.325. The topological polar surface area (TPSA) is 166 Å². The second-order valence-electron chi connectivity index (χ2n) is 7.12. The van der Waals surface area contributed by atoms with Gasteiger partial charge in [-0.05, 0) is 48.0 Å². The van der Waals surface area contributed by atoms with Gasteiger partial charge in [0.25, 0.3) is 5.91 Å². The summed E-state index contributed by atoms with van der Waals surface area (Å²) in [6.07, 6.45) is 0. The maximum absolute atomic E-state index is 12.6. The Morgan fingerprint density at radius 1 is 0.941 bits per heavy atom. The fourth-order valence-electron chi connectivity index (χ4n) is 3.11. The van der Waals surface area contributed by atoms with Crippen LogP contribution in [-0.2, 0) is 11.3 Å². The third-order valence-electron chi connectivity index (χ3n) is 4.71. The van der Waals surface area contributed by atoms with Crippen LogP contribution in [0.4, 0.5) is 10.8 Å². The highest BCUT2D eigenvalue weighted by molar-refractivity contribution is 7.22. The Kier molecular flexibility index (Phi) is 7.91. The van der Waals surface area contributed by atoms with E-state index in [2.05, 4.69) is 4.98 Å². The number of anilines is 2. The smallest absolute Gasteiger partial charge is 0.323 e. The number of nitrogen functional groups attached to an aromatic ring is 1. The number of thiazole rings is 1. The van der Waals surface area contributed by atoms with Gasteiger partial charge < -0.3 is 22.3 Å². The molecule has 0 unspecified atom stereocenters. The summed E-state index contributed by atoms with van der Waals surface area (Å²) < 4.78 is 0.883. The molecule has 34 heavy (non-hydrogen) atoms. The Labute approximate surface area is 199 Å². The van der Waals surface area contributed by atoms with Crippen molar-refractivity contribution in [3.63, 3.8) is 0 Å². The van der Waals surface area contributed by atoms with Crippen molar-refractivity contribution in [2.45, 2.75) is 6.54 Å². The van der Waals surface area contributed by atoms with Crippen LogP contribution in [0, 0.1) is 0 Å². The number of hydrogen-bond acceptors (Lipinski definition) is 7. The summed E-state index contributed by atoms with van der Waals surface area (Å²) in [6.45, 7) is -0.0684. The number of primary amides is 1. The van der Waals surface area contributed by atoms with E-state index in [1.807, 2.05) is 12.1 Å². The maximum Gasteiger partial charge on any atom is 0.323 e. The Morgan fingerprint density at radius 3 is 2.32 bits per heavy atom. The number of nitrogens with two attached hydrogens (primary N) is 3. The molecule has 1 aromatic heterocycles. The van der Waals surface area contributed by atoms with Crippen molar-refractivity contribution in [1.82, 2.24) is 4.98 Å². The molecule has 1 heterocycles. The Balaban J connectivity index is 0.000000212. The van der Waals surface area contributed by atoms with Gasteiger partial charge in [0.1, 0.15) is 6.54 Å². The molecule has 4 aromatic rings. The van der Waals surface area contributed by atoms with Gasteiger partial charge in [-0.15, -0.1) is 0 Å². The molecule has 0 saturated heterocycles. The lowest BCUT2D eigenvalue weighted by molar-refractivity contribution is -0.135. The lowest BCUT2D eigenvalue weighted by Crippen LogP contribution is -2.35. The first-order chi connectivity index (χ1) is 16.3. The zero-order chi connectivity index (χ0) is 24.7. The summed E-state index contributed by atoms with van der Waals surface area (Å²) >= 11 is 1.34. The molecule has 0 bridgehead atoms. The van der Waals surface area contributed by atoms with Crippen molar-refractivity contribution >= 4 is 50.2 Å². The molecule has 0 saturated carbocycles. The quantitative estimate of drug-likeness (QED) is 0.331. The number of carboxylic acids is 1. The predicted octanol–water partition coefficient (Wildman–Crippen LogP) is 2.85. The minimum atomic E-state index is -1.07. The van der Waals surface area contributed by atoms with Crippen molar-refractivity contribution in [3.05, 3.63) is 89.5 Å². The van der Waals surface area contributed by atoms with Gasteiger partial charge in [0.2, 0.25) is 5.91 Å². The van der Waals surface area contributed by atoms with Crippen LogP contribution in [0.5, 0.6) is 0 Å². The third-order valence-corrected chi connectivity index (χ3v) is 5.55. The zero-order valence-electron chi connectivity index (χ0n) is 18.0. The van der Waals surface area contributed by atoms with Crippen LogP contribution in [0.1, 0.15) is 26.3 Å². The maximum atomic E-state index is 12.6. The van der Waals surface area contributed by atoms with E-state index in [1.54, 1.807) is 60.7 Å². The molecule has 0 aliphatic rings. The SMILES string of the molecule is NC(=O)c1ccc2nc(N)sc2c1.NCc1cccc(C(=O)N(CC(=O)O)c2ccccc2)c1. The Morgan fingerprint density at radius 2 is 1.68 bits per heavy atom. The van der Waals surface area contributed by atoms with Gasteiger partial charge in [0.15, 0.2) is 5.13 Å². The minimum Gasteiger partial charge on any atom is -0.480 e. The molecular formula is C24H23N5O4S. The van der Waals surface area contributed by atoms with Crippen molar-refractivity contribution in [2.75, 3.05) is 17.2 Å². The first-order valence-electron chi connectivity index (χ1n) is 10.1. The number of carboxylic acid groups (broad SMARTS) is 1. The van der Waals surface area contributed by atoms with Crippen molar-refractivity contribution in [1.29, 1.82) is 0 Å².